The molecular weight excluding hydrogens is 432 g/mol. The first-order chi connectivity index (χ1) is 15.1. The highest BCUT2D eigenvalue weighted by atomic mass is 32.2. The summed E-state index contributed by atoms with van der Waals surface area (Å²) in [7, 11) is -0.182. The number of aromatic nitrogens is 3. The molecule has 0 radical (unpaired) electrons. The molecule has 32 heavy (non-hydrogen) atoms. The van der Waals surface area contributed by atoms with Gasteiger partial charge in [0.25, 0.3) is 0 Å². The lowest BCUT2D eigenvalue weighted by atomic mass is 10.2. The van der Waals surface area contributed by atoms with Crippen molar-refractivity contribution in [3.8, 4) is 0 Å². The molecule has 2 aromatic carbocycles. The molecule has 0 spiro atoms. The van der Waals surface area contributed by atoms with Crippen LogP contribution in [0.25, 0.3) is 11.1 Å². The maximum atomic E-state index is 11.7. The minimum Gasteiger partial charge on any atom is -0.408 e. The standard InChI is InChI=1S/C21H22N6O4S/c1-13-12-22-20(24-14-5-8-16(9-6-14)27(3)32(4,29)30)25-19(13)23-15-7-10-18-17(11-15)26(2)21(28)31-18/h5-12H,1-4H3,(H2,22,23,24,25). The van der Waals surface area contributed by atoms with Crippen molar-refractivity contribution < 1.29 is 12.8 Å². The second-order valence-electron chi connectivity index (χ2n) is 7.36. The molecule has 2 heterocycles. The van der Waals surface area contributed by atoms with Gasteiger partial charge in [0.1, 0.15) is 5.82 Å². The number of fused-ring (bicyclic) bond motifs is 1. The van der Waals surface area contributed by atoms with E-state index < -0.39 is 15.8 Å². The summed E-state index contributed by atoms with van der Waals surface area (Å²) in [6.07, 6.45) is 2.84. The third kappa shape index (κ3) is 4.28. The fourth-order valence-corrected chi connectivity index (χ4v) is 3.55. The first-order valence-corrected chi connectivity index (χ1v) is 11.5. The van der Waals surface area contributed by atoms with E-state index in [2.05, 4.69) is 20.6 Å². The summed E-state index contributed by atoms with van der Waals surface area (Å²) < 4.78 is 31.2. The van der Waals surface area contributed by atoms with Crippen molar-refractivity contribution in [2.75, 3.05) is 28.2 Å². The van der Waals surface area contributed by atoms with Crippen molar-refractivity contribution in [2.45, 2.75) is 6.92 Å². The average Bonchev–Trinajstić information content (AvgIpc) is 3.03. The fraction of sp³-hybridized carbons (Fsp3) is 0.190. The molecule has 4 rings (SSSR count). The second kappa shape index (κ2) is 8.00. The van der Waals surface area contributed by atoms with Crippen LogP contribution in [-0.2, 0) is 17.1 Å². The zero-order valence-electron chi connectivity index (χ0n) is 17.9. The van der Waals surface area contributed by atoms with E-state index in [1.807, 2.05) is 13.0 Å². The van der Waals surface area contributed by atoms with Gasteiger partial charge in [0.05, 0.1) is 17.5 Å². The molecule has 166 valence electrons. The van der Waals surface area contributed by atoms with Crippen LogP contribution in [0.3, 0.4) is 0 Å². The number of nitrogens with zero attached hydrogens (tertiary/aromatic N) is 4. The number of hydrogen-bond donors (Lipinski definition) is 2. The monoisotopic (exact) mass is 454 g/mol. The number of sulfonamides is 1. The second-order valence-corrected chi connectivity index (χ2v) is 9.38. The smallest absolute Gasteiger partial charge is 0.408 e. The average molecular weight is 455 g/mol. The highest BCUT2D eigenvalue weighted by Gasteiger charge is 2.12. The van der Waals surface area contributed by atoms with Crippen LogP contribution in [0.5, 0.6) is 0 Å². The van der Waals surface area contributed by atoms with Crippen LogP contribution in [0.2, 0.25) is 0 Å². The van der Waals surface area contributed by atoms with Gasteiger partial charge in [0.15, 0.2) is 5.58 Å². The van der Waals surface area contributed by atoms with E-state index in [-0.39, 0.29) is 0 Å². The van der Waals surface area contributed by atoms with Crippen LogP contribution in [0.15, 0.2) is 57.9 Å². The Morgan fingerprint density at radius 2 is 1.75 bits per heavy atom. The third-order valence-corrected chi connectivity index (χ3v) is 6.22. The summed E-state index contributed by atoms with van der Waals surface area (Å²) in [6.45, 7) is 1.88. The van der Waals surface area contributed by atoms with Crippen LogP contribution < -0.4 is 20.7 Å². The van der Waals surface area contributed by atoms with Crippen LogP contribution in [0.1, 0.15) is 5.56 Å². The molecule has 0 aliphatic rings. The van der Waals surface area contributed by atoms with Gasteiger partial charge in [-0.05, 0) is 49.4 Å². The van der Waals surface area contributed by atoms with Crippen LogP contribution in [0.4, 0.5) is 28.8 Å². The van der Waals surface area contributed by atoms with Crippen LogP contribution in [-0.4, -0.2) is 36.3 Å². The Hall–Kier alpha value is -3.86. The molecule has 10 nitrogen and oxygen atoms in total. The molecule has 0 atom stereocenters. The summed E-state index contributed by atoms with van der Waals surface area (Å²) in [5.41, 5.74) is 4.02. The zero-order chi connectivity index (χ0) is 23.0. The Morgan fingerprint density at radius 1 is 1.06 bits per heavy atom. The number of anilines is 5. The molecule has 0 bridgehead atoms. The van der Waals surface area contributed by atoms with Gasteiger partial charge in [-0.2, -0.15) is 4.98 Å². The van der Waals surface area contributed by atoms with Gasteiger partial charge in [-0.25, -0.2) is 18.2 Å². The molecule has 0 saturated heterocycles. The molecule has 0 aliphatic carbocycles. The zero-order valence-corrected chi connectivity index (χ0v) is 18.8. The maximum Gasteiger partial charge on any atom is 0.419 e. The third-order valence-electron chi connectivity index (χ3n) is 5.01. The predicted molar refractivity (Wildman–Crippen MR) is 124 cm³/mol. The lowest BCUT2D eigenvalue weighted by molar-refractivity contribution is 0.528. The molecule has 0 amide bonds. The molecule has 0 fully saturated rings. The lowest BCUT2D eigenvalue weighted by Gasteiger charge is -2.17. The summed E-state index contributed by atoms with van der Waals surface area (Å²) in [5.74, 6) is 0.554. The van der Waals surface area contributed by atoms with Crippen molar-refractivity contribution >= 4 is 50.0 Å². The number of rotatable bonds is 6. The van der Waals surface area contributed by atoms with E-state index >= 15 is 0 Å². The highest BCUT2D eigenvalue weighted by Crippen LogP contribution is 2.25. The van der Waals surface area contributed by atoms with Gasteiger partial charge in [-0.1, -0.05) is 0 Å². The quantitative estimate of drug-likeness (QED) is 0.456. The van der Waals surface area contributed by atoms with E-state index in [1.54, 1.807) is 49.6 Å². The van der Waals surface area contributed by atoms with Crippen molar-refractivity contribution in [2.24, 2.45) is 7.05 Å². The van der Waals surface area contributed by atoms with Gasteiger partial charge >= 0.3 is 5.76 Å². The number of aryl methyl sites for hydroxylation is 2. The first kappa shape index (κ1) is 21.4. The van der Waals surface area contributed by atoms with Gasteiger partial charge < -0.3 is 15.1 Å². The van der Waals surface area contributed by atoms with Gasteiger partial charge in [-0.15, -0.1) is 0 Å². The van der Waals surface area contributed by atoms with Crippen LogP contribution in [0, 0.1) is 6.92 Å². The summed E-state index contributed by atoms with van der Waals surface area (Å²) in [4.78, 5) is 20.5. The summed E-state index contributed by atoms with van der Waals surface area (Å²) >= 11 is 0. The van der Waals surface area contributed by atoms with Crippen molar-refractivity contribution in [3.63, 3.8) is 0 Å². The molecule has 2 N–H and O–H groups in total. The van der Waals surface area contributed by atoms with E-state index in [4.69, 9.17) is 4.42 Å². The van der Waals surface area contributed by atoms with E-state index in [1.165, 1.54) is 15.9 Å². The number of benzene rings is 2. The molecule has 0 aliphatic heterocycles. The van der Waals surface area contributed by atoms with Gasteiger partial charge in [0.2, 0.25) is 16.0 Å². The van der Waals surface area contributed by atoms with Crippen LogP contribution >= 0.6 is 0 Å². The molecule has 4 aromatic rings. The molecule has 0 saturated carbocycles. The first-order valence-electron chi connectivity index (χ1n) is 9.63. The Morgan fingerprint density at radius 3 is 2.44 bits per heavy atom. The topological polar surface area (TPSA) is 122 Å². The van der Waals surface area contributed by atoms with Crippen molar-refractivity contribution in [1.82, 2.24) is 14.5 Å². The minimum absolute atomic E-state index is 0.374. The minimum atomic E-state index is -3.33. The molecule has 0 unspecified atom stereocenters. The molecule has 2 aromatic heterocycles. The Bertz CT molecular complexity index is 1460. The number of nitrogens with one attached hydrogen (secondary N) is 2. The normalized spacial score (nSPS) is 11.5. The predicted octanol–water partition coefficient (Wildman–Crippen LogP) is 3.11. The fourth-order valence-electron chi connectivity index (χ4n) is 3.05. The van der Waals surface area contributed by atoms with Crippen molar-refractivity contribution in [3.05, 3.63) is 64.8 Å². The number of hydrogen-bond acceptors (Lipinski definition) is 8. The van der Waals surface area contributed by atoms with Gasteiger partial charge in [-0.3, -0.25) is 8.87 Å². The lowest BCUT2D eigenvalue weighted by Crippen LogP contribution is -2.24. The van der Waals surface area contributed by atoms with Crippen molar-refractivity contribution in [1.29, 1.82) is 0 Å². The Labute approximate surface area is 184 Å². The number of oxazole rings is 1. The summed E-state index contributed by atoms with van der Waals surface area (Å²) in [6, 6.07) is 12.2. The molecule has 11 heteroatoms. The Balaban J connectivity index is 1.55. The molecular formula is C21H22N6O4S. The summed E-state index contributed by atoms with van der Waals surface area (Å²) in [5, 5.41) is 6.36. The Kier molecular flexibility index (Phi) is 5.35. The highest BCUT2D eigenvalue weighted by molar-refractivity contribution is 7.92. The largest absolute Gasteiger partial charge is 0.419 e. The maximum absolute atomic E-state index is 11.7. The van der Waals surface area contributed by atoms with E-state index in [9.17, 15) is 13.2 Å². The van der Waals surface area contributed by atoms with Gasteiger partial charge in [0, 0.05) is 37.2 Å². The SMILES string of the molecule is Cc1cnc(Nc2ccc(N(C)S(C)(=O)=O)cc2)nc1Nc1ccc2oc(=O)n(C)c2c1. The van der Waals surface area contributed by atoms with E-state index in [0.29, 0.717) is 34.2 Å². The van der Waals surface area contributed by atoms with E-state index in [0.717, 1.165) is 17.5 Å².